The average molecular weight is 275 g/mol. The highest BCUT2D eigenvalue weighted by Gasteiger charge is 2.14. The highest BCUT2D eigenvalue weighted by atomic mass is 16.1. The second-order valence-corrected chi connectivity index (χ2v) is 4.48. The molecule has 0 unspecified atom stereocenters. The number of ketones is 1. The zero-order chi connectivity index (χ0) is 14.5. The first-order valence-electron chi connectivity index (χ1n) is 6.56. The van der Waals surface area contributed by atoms with Crippen molar-refractivity contribution in [3.63, 3.8) is 0 Å². The smallest absolute Gasteiger partial charge is 0.211 e. The summed E-state index contributed by atoms with van der Waals surface area (Å²) < 4.78 is 1.49. The average Bonchev–Trinajstić information content (AvgIpc) is 3.08. The molecule has 3 rings (SSSR count). The van der Waals surface area contributed by atoms with Crippen molar-refractivity contribution in [1.29, 1.82) is 0 Å². The standard InChI is InChI=1S/C17H13N3O/c21-17(15-9-5-2-6-10-15)16(20-13-18-12-19-20)11-14-7-3-1-4-8-14/h1-13H. The Kier molecular flexibility index (Phi) is 3.69. The van der Waals surface area contributed by atoms with Crippen LogP contribution in [0.4, 0.5) is 0 Å². The van der Waals surface area contributed by atoms with Gasteiger partial charge < -0.3 is 0 Å². The van der Waals surface area contributed by atoms with E-state index in [1.165, 1.54) is 17.3 Å². The lowest BCUT2D eigenvalue weighted by Gasteiger charge is -2.06. The molecule has 0 atom stereocenters. The van der Waals surface area contributed by atoms with Crippen LogP contribution in [0.15, 0.2) is 73.3 Å². The van der Waals surface area contributed by atoms with Gasteiger partial charge in [-0.3, -0.25) is 4.79 Å². The molecule has 0 bridgehead atoms. The minimum atomic E-state index is -0.0926. The molecule has 4 nitrogen and oxygen atoms in total. The van der Waals surface area contributed by atoms with E-state index in [4.69, 9.17) is 0 Å². The first-order valence-corrected chi connectivity index (χ1v) is 6.56. The molecule has 2 aromatic carbocycles. The van der Waals surface area contributed by atoms with Gasteiger partial charge >= 0.3 is 0 Å². The van der Waals surface area contributed by atoms with E-state index in [0.717, 1.165) is 5.56 Å². The summed E-state index contributed by atoms with van der Waals surface area (Å²) in [5, 5.41) is 4.08. The number of Topliss-reactive ketones (excluding diaryl/α,β-unsaturated/α-hetero) is 1. The molecule has 0 saturated carbocycles. The van der Waals surface area contributed by atoms with Gasteiger partial charge in [-0.2, -0.15) is 5.10 Å². The van der Waals surface area contributed by atoms with E-state index >= 15 is 0 Å². The minimum Gasteiger partial charge on any atom is -0.287 e. The summed E-state index contributed by atoms with van der Waals surface area (Å²) in [6.07, 6.45) is 4.75. The summed E-state index contributed by atoms with van der Waals surface area (Å²) in [5.74, 6) is -0.0926. The fourth-order valence-corrected chi connectivity index (χ4v) is 2.01. The quantitative estimate of drug-likeness (QED) is 0.543. The third-order valence-corrected chi connectivity index (χ3v) is 3.04. The zero-order valence-corrected chi connectivity index (χ0v) is 11.3. The molecular formula is C17H13N3O. The van der Waals surface area contributed by atoms with Gasteiger partial charge in [0.1, 0.15) is 18.4 Å². The van der Waals surface area contributed by atoms with E-state index in [1.54, 1.807) is 12.1 Å². The van der Waals surface area contributed by atoms with Crippen molar-refractivity contribution in [3.8, 4) is 0 Å². The topological polar surface area (TPSA) is 47.8 Å². The van der Waals surface area contributed by atoms with E-state index in [2.05, 4.69) is 10.1 Å². The van der Waals surface area contributed by atoms with Crippen molar-refractivity contribution in [1.82, 2.24) is 14.8 Å². The summed E-state index contributed by atoms with van der Waals surface area (Å²) in [5.41, 5.74) is 2.02. The summed E-state index contributed by atoms with van der Waals surface area (Å²) in [6, 6.07) is 18.8. The van der Waals surface area contributed by atoms with Crippen LogP contribution in [0.5, 0.6) is 0 Å². The van der Waals surface area contributed by atoms with Gasteiger partial charge in [-0.05, 0) is 11.6 Å². The van der Waals surface area contributed by atoms with Crippen LogP contribution in [0.25, 0.3) is 11.8 Å². The number of nitrogens with zero attached hydrogens (tertiary/aromatic N) is 3. The monoisotopic (exact) mass is 275 g/mol. The number of rotatable bonds is 4. The SMILES string of the molecule is O=C(C(=Cc1ccccc1)n1cncn1)c1ccccc1. The van der Waals surface area contributed by atoms with Crippen molar-refractivity contribution in [2.75, 3.05) is 0 Å². The fraction of sp³-hybridized carbons (Fsp3) is 0. The molecule has 0 aliphatic rings. The Balaban J connectivity index is 2.06. The van der Waals surface area contributed by atoms with E-state index < -0.39 is 0 Å². The molecule has 0 saturated heterocycles. The predicted octanol–water partition coefficient (Wildman–Crippen LogP) is 3.16. The second-order valence-electron chi connectivity index (χ2n) is 4.48. The highest BCUT2D eigenvalue weighted by molar-refractivity contribution is 6.27. The van der Waals surface area contributed by atoms with Crippen LogP contribution in [-0.4, -0.2) is 20.5 Å². The Morgan fingerprint density at radius 1 is 0.952 bits per heavy atom. The van der Waals surface area contributed by atoms with Crippen molar-refractivity contribution in [3.05, 3.63) is 84.4 Å². The maximum atomic E-state index is 12.7. The first-order chi connectivity index (χ1) is 10.3. The molecule has 102 valence electrons. The van der Waals surface area contributed by atoms with Crippen LogP contribution in [0.2, 0.25) is 0 Å². The Bertz CT molecular complexity index is 747. The number of carbonyl (C=O) groups is 1. The van der Waals surface area contributed by atoms with Crippen LogP contribution in [-0.2, 0) is 0 Å². The van der Waals surface area contributed by atoms with Crippen LogP contribution < -0.4 is 0 Å². The Morgan fingerprint density at radius 2 is 1.62 bits per heavy atom. The molecule has 1 aromatic heterocycles. The molecule has 1 heterocycles. The summed E-state index contributed by atoms with van der Waals surface area (Å²) in [4.78, 5) is 16.6. The number of aromatic nitrogens is 3. The normalized spacial score (nSPS) is 11.3. The van der Waals surface area contributed by atoms with Crippen molar-refractivity contribution in [2.45, 2.75) is 0 Å². The third-order valence-electron chi connectivity index (χ3n) is 3.04. The second kappa shape index (κ2) is 5.96. The van der Waals surface area contributed by atoms with E-state index in [-0.39, 0.29) is 5.78 Å². The van der Waals surface area contributed by atoms with Crippen LogP contribution in [0.1, 0.15) is 15.9 Å². The predicted molar refractivity (Wildman–Crippen MR) is 81.4 cm³/mol. The molecule has 0 fully saturated rings. The zero-order valence-electron chi connectivity index (χ0n) is 11.3. The van der Waals surface area contributed by atoms with E-state index in [0.29, 0.717) is 11.3 Å². The summed E-state index contributed by atoms with van der Waals surface area (Å²) in [6.45, 7) is 0. The van der Waals surface area contributed by atoms with Crippen molar-refractivity contribution >= 4 is 17.6 Å². The lowest BCUT2D eigenvalue weighted by molar-refractivity contribution is 0.105. The Hall–Kier alpha value is -3.01. The first kappa shape index (κ1) is 13.0. The maximum Gasteiger partial charge on any atom is 0.211 e. The van der Waals surface area contributed by atoms with Crippen LogP contribution in [0.3, 0.4) is 0 Å². The molecule has 0 radical (unpaired) electrons. The molecule has 21 heavy (non-hydrogen) atoms. The van der Waals surface area contributed by atoms with Crippen molar-refractivity contribution in [2.24, 2.45) is 0 Å². The fourth-order valence-electron chi connectivity index (χ4n) is 2.01. The van der Waals surface area contributed by atoms with Gasteiger partial charge in [-0.15, -0.1) is 0 Å². The van der Waals surface area contributed by atoms with Crippen molar-refractivity contribution < 1.29 is 4.79 Å². The summed E-state index contributed by atoms with van der Waals surface area (Å²) >= 11 is 0. The number of carbonyl (C=O) groups excluding carboxylic acids is 1. The van der Waals surface area contributed by atoms with Gasteiger partial charge in [0, 0.05) is 5.56 Å². The molecule has 0 aliphatic heterocycles. The van der Waals surface area contributed by atoms with E-state index in [9.17, 15) is 4.79 Å². The molecule has 0 spiro atoms. The number of allylic oxidation sites excluding steroid dienone is 1. The number of hydrogen-bond acceptors (Lipinski definition) is 3. The van der Waals surface area contributed by atoms with Gasteiger partial charge in [0.25, 0.3) is 0 Å². The Morgan fingerprint density at radius 3 is 2.24 bits per heavy atom. The molecule has 0 N–H and O–H groups in total. The molecular weight excluding hydrogens is 262 g/mol. The van der Waals surface area contributed by atoms with E-state index in [1.807, 2.05) is 54.6 Å². The van der Waals surface area contributed by atoms with Gasteiger partial charge in [-0.1, -0.05) is 60.7 Å². The number of benzene rings is 2. The summed E-state index contributed by atoms with van der Waals surface area (Å²) in [7, 11) is 0. The van der Waals surface area contributed by atoms with Gasteiger partial charge in [0.05, 0.1) is 0 Å². The van der Waals surface area contributed by atoms with Crippen LogP contribution in [0, 0.1) is 0 Å². The van der Waals surface area contributed by atoms with Crippen LogP contribution >= 0.6 is 0 Å². The third kappa shape index (κ3) is 2.95. The van der Waals surface area contributed by atoms with Gasteiger partial charge in [0.15, 0.2) is 0 Å². The van der Waals surface area contributed by atoms with Gasteiger partial charge in [0.2, 0.25) is 5.78 Å². The highest BCUT2D eigenvalue weighted by Crippen LogP contribution is 2.16. The molecule has 4 heteroatoms. The molecule has 0 amide bonds. The Labute approximate surface area is 122 Å². The van der Waals surface area contributed by atoms with Gasteiger partial charge in [-0.25, -0.2) is 9.67 Å². The lowest BCUT2D eigenvalue weighted by atomic mass is 10.1. The maximum absolute atomic E-state index is 12.7. The largest absolute Gasteiger partial charge is 0.287 e. The molecule has 3 aromatic rings. The minimum absolute atomic E-state index is 0.0926. The number of hydrogen-bond donors (Lipinski definition) is 0. The lowest BCUT2D eigenvalue weighted by Crippen LogP contribution is -2.09. The molecule has 0 aliphatic carbocycles.